The Kier molecular flexibility index (Phi) is 6.30. The third-order valence-electron chi connectivity index (χ3n) is 6.04. The molecule has 0 radical (unpaired) electrons. The van der Waals surface area contributed by atoms with Crippen LogP contribution in [0.2, 0.25) is 0 Å². The molecule has 2 fully saturated rings. The maximum absolute atomic E-state index is 11.9. The maximum Gasteiger partial charge on any atom is 0.427 e. The van der Waals surface area contributed by atoms with Gasteiger partial charge in [0.25, 0.3) is 0 Å². The molecule has 4 rings (SSSR count). The van der Waals surface area contributed by atoms with Crippen LogP contribution in [0.1, 0.15) is 35.2 Å². The molecule has 30 heavy (non-hydrogen) atoms. The number of carboxylic acids is 1. The zero-order chi connectivity index (χ0) is 20.9. The zero-order valence-corrected chi connectivity index (χ0v) is 16.6. The molecule has 2 aromatic carbocycles. The molecule has 2 aromatic rings. The van der Waals surface area contributed by atoms with Crippen molar-refractivity contribution < 1.29 is 24.2 Å². The van der Waals surface area contributed by atoms with Crippen molar-refractivity contribution in [2.24, 2.45) is 11.8 Å². The number of carboxylic acid groups (broad SMARTS) is 1. The first kappa shape index (κ1) is 20.4. The van der Waals surface area contributed by atoms with Crippen molar-refractivity contribution in [1.82, 2.24) is 10.9 Å². The highest BCUT2D eigenvalue weighted by Gasteiger charge is 2.48. The van der Waals surface area contributed by atoms with Crippen molar-refractivity contribution in [3.05, 3.63) is 65.7 Å². The van der Waals surface area contributed by atoms with Gasteiger partial charge in [0.1, 0.15) is 5.75 Å². The van der Waals surface area contributed by atoms with E-state index in [0.717, 1.165) is 31.2 Å². The second kappa shape index (κ2) is 9.28. The summed E-state index contributed by atoms with van der Waals surface area (Å²) >= 11 is 0. The topological polar surface area (TPSA) is 96.9 Å². The van der Waals surface area contributed by atoms with Crippen LogP contribution in [0.5, 0.6) is 5.75 Å². The average molecular weight is 410 g/mol. The molecule has 1 amide bonds. The first-order valence-corrected chi connectivity index (χ1v) is 10.3. The van der Waals surface area contributed by atoms with Crippen LogP contribution in [-0.4, -0.2) is 35.9 Å². The normalized spacial score (nSPS) is 24.5. The molecule has 3 N–H and O–H groups in total. The highest BCUT2D eigenvalue weighted by molar-refractivity contribution is 5.87. The fourth-order valence-electron chi connectivity index (χ4n) is 4.56. The Bertz CT molecular complexity index is 871. The summed E-state index contributed by atoms with van der Waals surface area (Å²) < 4.78 is 11.3. The average Bonchev–Trinajstić information content (AvgIpc) is 3.35. The molecule has 7 nitrogen and oxygen atoms in total. The fraction of sp³-hybridized carbons (Fsp3) is 0.391. The lowest BCUT2D eigenvalue weighted by molar-refractivity contribution is 0.0696. The molecule has 4 atom stereocenters. The van der Waals surface area contributed by atoms with Crippen molar-refractivity contribution in [2.75, 3.05) is 6.54 Å². The molecule has 2 saturated heterocycles. The van der Waals surface area contributed by atoms with E-state index in [1.807, 2.05) is 30.3 Å². The summed E-state index contributed by atoms with van der Waals surface area (Å²) in [4.78, 5) is 22.9. The van der Waals surface area contributed by atoms with Crippen LogP contribution in [0.4, 0.5) is 4.79 Å². The van der Waals surface area contributed by atoms with Crippen molar-refractivity contribution >= 4 is 12.1 Å². The van der Waals surface area contributed by atoms with Gasteiger partial charge in [0.05, 0.1) is 17.8 Å². The summed E-state index contributed by atoms with van der Waals surface area (Å²) in [5.41, 5.74) is 7.04. The van der Waals surface area contributed by atoms with E-state index in [4.69, 9.17) is 14.6 Å². The van der Waals surface area contributed by atoms with Crippen molar-refractivity contribution in [1.29, 1.82) is 0 Å². The molecule has 0 saturated carbocycles. The van der Waals surface area contributed by atoms with Gasteiger partial charge in [-0.1, -0.05) is 30.3 Å². The molecule has 0 spiro atoms. The van der Waals surface area contributed by atoms with E-state index >= 15 is 0 Å². The Morgan fingerprint density at radius 1 is 1.00 bits per heavy atom. The third-order valence-corrected chi connectivity index (χ3v) is 6.04. The van der Waals surface area contributed by atoms with Crippen LogP contribution in [-0.2, 0) is 11.2 Å². The van der Waals surface area contributed by atoms with E-state index < -0.39 is 12.1 Å². The molecule has 2 aliphatic rings. The van der Waals surface area contributed by atoms with Crippen LogP contribution < -0.4 is 15.6 Å². The van der Waals surface area contributed by atoms with Gasteiger partial charge in [-0.25, -0.2) is 15.0 Å². The second-order valence-electron chi connectivity index (χ2n) is 7.87. The van der Waals surface area contributed by atoms with E-state index in [1.54, 1.807) is 24.3 Å². The first-order chi connectivity index (χ1) is 14.6. The number of rotatable bonds is 8. The number of hydrazine groups is 1. The van der Waals surface area contributed by atoms with Gasteiger partial charge in [-0.3, -0.25) is 5.43 Å². The third kappa shape index (κ3) is 4.80. The Morgan fingerprint density at radius 3 is 2.40 bits per heavy atom. The number of nitrogens with one attached hydrogen (secondary N) is 2. The molecule has 4 unspecified atom stereocenters. The number of hydrogen-bond acceptors (Lipinski definition) is 5. The highest BCUT2D eigenvalue weighted by Crippen LogP contribution is 2.45. The van der Waals surface area contributed by atoms with Gasteiger partial charge in [-0.15, -0.1) is 0 Å². The van der Waals surface area contributed by atoms with Crippen molar-refractivity contribution in [3.8, 4) is 5.75 Å². The maximum atomic E-state index is 11.9. The van der Waals surface area contributed by atoms with Gasteiger partial charge in [-0.05, 0) is 61.4 Å². The monoisotopic (exact) mass is 410 g/mol. The van der Waals surface area contributed by atoms with Crippen LogP contribution in [0.25, 0.3) is 0 Å². The van der Waals surface area contributed by atoms with Gasteiger partial charge in [0, 0.05) is 12.5 Å². The number of fused-ring (bicyclic) bond motifs is 2. The molecule has 7 heteroatoms. The fourth-order valence-corrected chi connectivity index (χ4v) is 4.56. The van der Waals surface area contributed by atoms with Crippen molar-refractivity contribution in [3.63, 3.8) is 0 Å². The van der Waals surface area contributed by atoms with Gasteiger partial charge in [0.15, 0.2) is 0 Å². The highest BCUT2D eigenvalue weighted by atomic mass is 16.6. The number of aromatic carboxylic acids is 1. The minimum absolute atomic E-state index is 0.217. The SMILES string of the molecule is O=C(NNCC1C2CCC(O2)C1CCc1ccc(C(=O)O)cc1)Oc1ccccc1. The lowest BCUT2D eigenvalue weighted by Crippen LogP contribution is -2.45. The van der Waals surface area contributed by atoms with E-state index in [1.165, 1.54) is 0 Å². The summed E-state index contributed by atoms with van der Waals surface area (Å²) in [6.45, 7) is 0.619. The zero-order valence-electron chi connectivity index (χ0n) is 16.6. The van der Waals surface area contributed by atoms with Gasteiger partial charge in [0.2, 0.25) is 0 Å². The van der Waals surface area contributed by atoms with Gasteiger partial charge in [-0.2, -0.15) is 0 Å². The summed E-state index contributed by atoms with van der Waals surface area (Å²) in [5.74, 6) is 0.306. The minimum Gasteiger partial charge on any atom is -0.478 e. The number of amides is 1. The number of benzene rings is 2. The summed E-state index contributed by atoms with van der Waals surface area (Å²) in [7, 11) is 0. The van der Waals surface area contributed by atoms with Crippen LogP contribution in [0, 0.1) is 11.8 Å². The summed E-state index contributed by atoms with van der Waals surface area (Å²) in [6.07, 6.45) is 3.90. The summed E-state index contributed by atoms with van der Waals surface area (Å²) in [6, 6.07) is 16.0. The molecular weight excluding hydrogens is 384 g/mol. The lowest BCUT2D eigenvalue weighted by atomic mass is 9.76. The predicted molar refractivity (Wildman–Crippen MR) is 110 cm³/mol. The Hall–Kier alpha value is -2.90. The number of carbonyl (C=O) groups is 2. The minimum atomic E-state index is -0.910. The van der Waals surface area contributed by atoms with Crippen LogP contribution in [0.3, 0.4) is 0 Å². The molecule has 2 heterocycles. The van der Waals surface area contributed by atoms with Crippen molar-refractivity contribution in [2.45, 2.75) is 37.9 Å². The number of aryl methyl sites for hydroxylation is 1. The van der Waals surface area contributed by atoms with E-state index in [2.05, 4.69) is 10.9 Å². The number of hydrogen-bond donors (Lipinski definition) is 3. The molecule has 0 aromatic heterocycles. The Labute approximate surface area is 175 Å². The number of carbonyl (C=O) groups excluding carboxylic acids is 1. The molecule has 0 aliphatic carbocycles. The van der Waals surface area contributed by atoms with Gasteiger partial charge >= 0.3 is 12.1 Å². The summed E-state index contributed by atoms with van der Waals surface area (Å²) in [5, 5.41) is 9.03. The van der Waals surface area contributed by atoms with E-state index in [-0.39, 0.29) is 12.2 Å². The lowest BCUT2D eigenvalue weighted by Gasteiger charge is -2.28. The quantitative estimate of drug-likeness (QED) is 0.577. The van der Waals surface area contributed by atoms with E-state index in [0.29, 0.717) is 29.7 Å². The van der Waals surface area contributed by atoms with Crippen LogP contribution >= 0.6 is 0 Å². The predicted octanol–water partition coefficient (Wildman–Crippen LogP) is 3.40. The number of ether oxygens (including phenoxy) is 2. The molecular formula is C23H26N2O5. The Morgan fingerprint density at radius 2 is 1.70 bits per heavy atom. The molecule has 2 aliphatic heterocycles. The molecule has 158 valence electrons. The van der Waals surface area contributed by atoms with Crippen LogP contribution in [0.15, 0.2) is 54.6 Å². The largest absolute Gasteiger partial charge is 0.478 e. The number of para-hydroxylation sites is 1. The van der Waals surface area contributed by atoms with Gasteiger partial charge < -0.3 is 14.6 Å². The Balaban J connectivity index is 1.27. The molecule has 2 bridgehead atoms. The first-order valence-electron chi connectivity index (χ1n) is 10.3. The van der Waals surface area contributed by atoms with E-state index in [9.17, 15) is 9.59 Å². The second-order valence-corrected chi connectivity index (χ2v) is 7.87. The standard InChI is InChI=1S/C23H26N2O5/c26-22(27)16-9-6-15(7-10-16)8-11-18-19(21-13-12-20(18)30-21)14-24-25-23(28)29-17-4-2-1-3-5-17/h1-7,9-10,18-21,24H,8,11-14H2,(H,25,28)(H,26,27). The smallest absolute Gasteiger partial charge is 0.427 e.